The molecule has 7 heteroatoms. The number of aliphatic hydroxyl groups is 2. The van der Waals surface area contributed by atoms with E-state index in [1.165, 1.54) is 7.11 Å². The summed E-state index contributed by atoms with van der Waals surface area (Å²) in [6, 6.07) is 15.9. The summed E-state index contributed by atoms with van der Waals surface area (Å²) in [4.78, 5) is 12.3. The van der Waals surface area contributed by atoms with Crippen molar-refractivity contribution < 1.29 is 29.2 Å². The van der Waals surface area contributed by atoms with Crippen LogP contribution in [0.15, 0.2) is 54.6 Å². The van der Waals surface area contributed by atoms with Crippen molar-refractivity contribution >= 4 is 11.8 Å². The van der Waals surface area contributed by atoms with Gasteiger partial charge in [0, 0.05) is 25.8 Å². The van der Waals surface area contributed by atoms with Crippen LogP contribution in [0.2, 0.25) is 0 Å². The molecule has 0 heterocycles. The van der Waals surface area contributed by atoms with Gasteiger partial charge in [0.15, 0.2) is 6.10 Å². The normalized spacial score (nSPS) is 12.9. The van der Waals surface area contributed by atoms with Gasteiger partial charge >= 0.3 is 6.09 Å². The second kappa shape index (κ2) is 11.2. The first-order valence-electron chi connectivity index (χ1n) is 8.68. The van der Waals surface area contributed by atoms with Crippen LogP contribution in [0.3, 0.4) is 0 Å². The third-order valence-electron chi connectivity index (χ3n) is 3.88. The highest BCUT2D eigenvalue weighted by Gasteiger charge is 2.27. The van der Waals surface area contributed by atoms with E-state index in [1.807, 2.05) is 18.2 Å². The lowest BCUT2D eigenvalue weighted by Gasteiger charge is -2.26. The topological polar surface area (TPSA) is 97.2 Å². The Morgan fingerprint density at radius 1 is 1.04 bits per heavy atom. The maximum absolute atomic E-state index is 12.3. The van der Waals surface area contributed by atoms with E-state index in [4.69, 9.17) is 19.3 Å². The molecular formula is C20H25NO6. The highest BCUT2D eigenvalue weighted by Crippen LogP contribution is 2.28. The Kier molecular flexibility index (Phi) is 8.57. The molecule has 0 aromatic heterocycles. The maximum Gasteiger partial charge on any atom is 0.412 e. The van der Waals surface area contributed by atoms with Gasteiger partial charge in [-0.3, -0.25) is 5.32 Å². The predicted molar refractivity (Wildman–Crippen MR) is 101 cm³/mol. The molecule has 1 amide bonds. The lowest BCUT2D eigenvalue weighted by atomic mass is 10.0. The van der Waals surface area contributed by atoms with Crippen LogP contribution in [0.25, 0.3) is 0 Å². The smallest absolute Gasteiger partial charge is 0.412 e. The molecule has 2 rings (SSSR count). The van der Waals surface area contributed by atoms with E-state index in [1.54, 1.807) is 36.4 Å². The Balaban J connectivity index is 2.14. The van der Waals surface area contributed by atoms with Crippen molar-refractivity contribution in [2.45, 2.75) is 18.6 Å². The van der Waals surface area contributed by atoms with E-state index >= 15 is 0 Å². The fourth-order valence-electron chi connectivity index (χ4n) is 2.58. The van der Waals surface area contributed by atoms with Crippen LogP contribution in [0, 0.1) is 0 Å². The number of hydrogen-bond donors (Lipinski definition) is 3. The van der Waals surface area contributed by atoms with E-state index in [0.717, 1.165) is 0 Å². The zero-order valence-electron chi connectivity index (χ0n) is 15.2. The molecule has 0 aliphatic carbocycles. The molecule has 7 nitrogen and oxygen atoms in total. The number of carbonyl (C=O) groups excluding carboxylic acids is 1. The fraction of sp³-hybridized carbons (Fsp3) is 0.350. The lowest BCUT2D eigenvalue weighted by molar-refractivity contribution is -0.0306. The molecule has 0 aliphatic rings. The van der Waals surface area contributed by atoms with Gasteiger partial charge < -0.3 is 24.4 Å². The van der Waals surface area contributed by atoms with Crippen LogP contribution in [0.4, 0.5) is 10.5 Å². The minimum Gasteiger partial charge on any atom is -0.491 e. The summed E-state index contributed by atoms with van der Waals surface area (Å²) in [5.74, 6) is 0.594. The minimum atomic E-state index is -0.710. The standard InChI is InChI=1S/C20H25NO6/c1-25-18(11-12-22)19(15-7-9-17(10-8-15)26-14-13-23)27-20(24)21-16-5-3-2-4-6-16/h2-10,18-19,22-23H,11-14H2,1H3,(H,21,24)/t18-,19-/m1/s1. The molecule has 0 spiro atoms. The van der Waals surface area contributed by atoms with Crippen LogP contribution in [0.5, 0.6) is 5.75 Å². The summed E-state index contributed by atoms with van der Waals surface area (Å²) < 4.78 is 16.4. The number of nitrogens with one attached hydrogen (secondary N) is 1. The third-order valence-corrected chi connectivity index (χ3v) is 3.88. The Bertz CT molecular complexity index is 677. The van der Waals surface area contributed by atoms with Gasteiger partial charge in [-0.1, -0.05) is 30.3 Å². The number of rotatable bonds is 10. The summed E-state index contributed by atoms with van der Waals surface area (Å²) in [7, 11) is 1.50. The minimum absolute atomic E-state index is 0.0740. The predicted octanol–water partition coefficient (Wildman–Crippen LogP) is 2.74. The second-order valence-electron chi connectivity index (χ2n) is 5.74. The number of hydrogen-bond acceptors (Lipinski definition) is 6. The number of amides is 1. The summed E-state index contributed by atoms with van der Waals surface area (Å²) in [6.07, 6.45) is -1.53. The van der Waals surface area contributed by atoms with Gasteiger partial charge in [-0.05, 0) is 29.8 Å². The maximum atomic E-state index is 12.3. The van der Waals surface area contributed by atoms with Crippen molar-refractivity contribution in [2.24, 2.45) is 0 Å². The molecular weight excluding hydrogens is 350 g/mol. The quantitative estimate of drug-likeness (QED) is 0.591. The molecule has 2 aromatic rings. The molecule has 0 bridgehead atoms. The average Bonchev–Trinajstić information content (AvgIpc) is 2.70. The molecule has 0 saturated carbocycles. The zero-order valence-corrected chi connectivity index (χ0v) is 15.2. The number of ether oxygens (including phenoxy) is 3. The highest BCUT2D eigenvalue weighted by atomic mass is 16.6. The first kappa shape index (κ1) is 20.7. The van der Waals surface area contributed by atoms with Crippen LogP contribution in [-0.2, 0) is 9.47 Å². The van der Waals surface area contributed by atoms with Gasteiger partial charge in [0.05, 0.1) is 6.61 Å². The van der Waals surface area contributed by atoms with Crippen molar-refractivity contribution in [3.63, 3.8) is 0 Å². The molecule has 2 aromatic carbocycles. The average molecular weight is 375 g/mol. The molecule has 0 saturated heterocycles. The summed E-state index contributed by atoms with van der Waals surface area (Å²) in [5.41, 5.74) is 1.32. The second-order valence-corrected chi connectivity index (χ2v) is 5.74. The number of anilines is 1. The number of methoxy groups -OCH3 is 1. The molecule has 0 unspecified atom stereocenters. The van der Waals surface area contributed by atoms with Crippen molar-refractivity contribution in [2.75, 3.05) is 32.2 Å². The Hall–Kier alpha value is -2.61. The van der Waals surface area contributed by atoms with Crippen molar-refractivity contribution in [1.29, 1.82) is 0 Å². The van der Waals surface area contributed by atoms with Gasteiger partial charge in [-0.2, -0.15) is 0 Å². The number of benzene rings is 2. The van der Waals surface area contributed by atoms with Crippen LogP contribution in [0.1, 0.15) is 18.1 Å². The van der Waals surface area contributed by atoms with E-state index in [9.17, 15) is 9.90 Å². The molecule has 3 N–H and O–H groups in total. The van der Waals surface area contributed by atoms with Crippen molar-refractivity contribution in [3.8, 4) is 5.75 Å². The van der Waals surface area contributed by atoms with Gasteiger partial charge in [-0.15, -0.1) is 0 Å². The van der Waals surface area contributed by atoms with Crippen LogP contribution < -0.4 is 10.1 Å². The molecule has 2 atom stereocenters. The lowest BCUT2D eigenvalue weighted by Crippen LogP contribution is -2.28. The monoisotopic (exact) mass is 375 g/mol. The van der Waals surface area contributed by atoms with E-state index < -0.39 is 18.3 Å². The van der Waals surface area contributed by atoms with Crippen LogP contribution in [-0.4, -0.2) is 49.3 Å². The number of carbonyl (C=O) groups is 1. The van der Waals surface area contributed by atoms with Crippen molar-refractivity contribution in [3.05, 3.63) is 60.2 Å². The first-order valence-corrected chi connectivity index (χ1v) is 8.68. The van der Waals surface area contributed by atoms with Gasteiger partial charge in [0.25, 0.3) is 0 Å². The van der Waals surface area contributed by atoms with Gasteiger partial charge in [-0.25, -0.2) is 4.79 Å². The SMILES string of the molecule is CO[C@H](CCO)[C@H](OC(=O)Nc1ccccc1)c1ccc(OCCO)cc1. The summed E-state index contributed by atoms with van der Waals surface area (Å²) >= 11 is 0. The molecule has 0 aliphatic heterocycles. The van der Waals surface area contributed by atoms with Crippen molar-refractivity contribution in [1.82, 2.24) is 0 Å². The molecule has 0 radical (unpaired) electrons. The Morgan fingerprint density at radius 2 is 1.74 bits per heavy atom. The Morgan fingerprint density at radius 3 is 2.33 bits per heavy atom. The fourth-order valence-corrected chi connectivity index (χ4v) is 2.58. The number of aliphatic hydroxyl groups excluding tert-OH is 2. The summed E-state index contributed by atoms with van der Waals surface area (Å²) in [5, 5.41) is 20.8. The van der Waals surface area contributed by atoms with Gasteiger partial charge in [0.2, 0.25) is 0 Å². The largest absolute Gasteiger partial charge is 0.491 e. The highest BCUT2D eigenvalue weighted by molar-refractivity contribution is 5.84. The molecule has 27 heavy (non-hydrogen) atoms. The van der Waals surface area contributed by atoms with Crippen LogP contribution >= 0.6 is 0 Å². The zero-order chi connectivity index (χ0) is 19.5. The Labute approximate surface area is 158 Å². The first-order chi connectivity index (χ1) is 13.2. The van der Waals surface area contributed by atoms with E-state index in [0.29, 0.717) is 23.4 Å². The summed E-state index contributed by atoms with van der Waals surface area (Å²) in [6.45, 7) is 0.0235. The molecule has 146 valence electrons. The van der Waals surface area contributed by atoms with E-state index in [-0.39, 0.29) is 19.8 Å². The third kappa shape index (κ3) is 6.56. The van der Waals surface area contributed by atoms with E-state index in [2.05, 4.69) is 5.32 Å². The molecule has 0 fully saturated rings. The number of para-hydroxylation sites is 1. The van der Waals surface area contributed by atoms with Gasteiger partial charge in [0.1, 0.15) is 18.5 Å².